The molecule has 2 atom stereocenters. The summed E-state index contributed by atoms with van der Waals surface area (Å²) in [6.45, 7) is 8.97. The number of likely N-dealkylation sites (tertiary alicyclic amines) is 1. The van der Waals surface area contributed by atoms with Crippen molar-refractivity contribution in [3.05, 3.63) is 41.7 Å². The molecular weight excluding hydrogens is 340 g/mol. The second kappa shape index (κ2) is 8.13. The normalized spacial score (nSPS) is 20.2. The van der Waals surface area contributed by atoms with E-state index in [2.05, 4.69) is 60.4 Å². The zero-order valence-electron chi connectivity index (χ0n) is 16.9. The third-order valence-electron chi connectivity index (χ3n) is 5.30. The van der Waals surface area contributed by atoms with Crippen molar-refractivity contribution < 1.29 is 9.32 Å². The summed E-state index contributed by atoms with van der Waals surface area (Å²) in [5.41, 5.74) is 3.15. The highest BCUT2D eigenvalue weighted by Gasteiger charge is 2.36. The fraction of sp³-hybridized carbons (Fsp3) is 0.524. The van der Waals surface area contributed by atoms with Crippen LogP contribution in [0.2, 0.25) is 0 Å². The van der Waals surface area contributed by atoms with Crippen LogP contribution in [0.4, 0.5) is 4.79 Å². The standard InChI is InChI=1S/C21H30N4O2/c1-14(2)18-12-25(13-20(18)22-21(26)24(4)5)11-17-10-19(23-27-17)16-8-6-15(3)7-9-16/h6-10,14,18,20H,11-13H2,1-5H3,(H,22,26)/t18-,20+/m0/s1. The molecule has 6 nitrogen and oxygen atoms in total. The first-order valence-electron chi connectivity index (χ1n) is 9.56. The number of nitrogens with zero attached hydrogens (tertiary/aromatic N) is 3. The number of carbonyl (C=O) groups excluding carboxylic acids is 1. The largest absolute Gasteiger partial charge is 0.359 e. The Morgan fingerprint density at radius 2 is 2.00 bits per heavy atom. The molecule has 1 aromatic heterocycles. The number of urea groups is 1. The summed E-state index contributed by atoms with van der Waals surface area (Å²) in [6.07, 6.45) is 0. The summed E-state index contributed by atoms with van der Waals surface area (Å²) in [7, 11) is 3.54. The van der Waals surface area contributed by atoms with Gasteiger partial charge in [-0.3, -0.25) is 4.90 Å². The summed E-state index contributed by atoms with van der Waals surface area (Å²) in [5, 5.41) is 7.39. The Kier molecular flexibility index (Phi) is 5.85. The maximum Gasteiger partial charge on any atom is 0.317 e. The number of benzene rings is 1. The van der Waals surface area contributed by atoms with Crippen molar-refractivity contribution in [1.82, 2.24) is 20.3 Å². The third-order valence-corrected chi connectivity index (χ3v) is 5.30. The van der Waals surface area contributed by atoms with Gasteiger partial charge in [0.05, 0.1) is 6.54 Å². The molecule has 3 rings (SSSR count). The third kappa shape index (κ3) is 4.69. The molecule has 1 aliphatic rings. The van der Waals surface area contributed by atoms with E-state index in [1.54, 1.807) is 19.0 Å². The van der Waals surface area contributed by atoms with Crippen molar-refractivity contribution in [2.75, 3.05) is 27.2 Å². The molecule has 1 saturated heterocycles. The lowest BCUT2D eigenvalue weighted by molar-refractivity contribution is 0.207. The molecule has 2 aromatic rings. The Hall–Kier alpha value is -2.34. The molecule has 0 bridgehead atoms. The van der Waals surface area contributed by atoms with Crippen LogP contribution in [0.3, 0.4) is 0 Å². The second-order valence-electron chi connectivity index (χ2n) is 8.10. The van der Waals surface area contributed by atoms with Crippen LogP contribution >= 0.6 is 0 Å². The lowest BCUT2D eigenvalue weighted by Crippen LogP contribution is -2.46. The predicted octanol–water partition coefficient (Wildman–Crippen LogP) is 3.38. The Balaban J connectivity index is 1.65. The highest BCUT2D eigenvalue weighted by atomic mass is 16.5. The Bertz CT molecular complexity index is 767. The van der Waals surface area contributed by atoms with Gasteiger partial charge in [0, 0.05) is 44.9 Å². The van der Waals surface area contributed by atoms with Crippen LogP contribution in [-0.2, 0) is 6.54 Å². The van der Waals surface area contributed by atoms with Gasteiger partial charge in [0.1, 0.15) is 5.69 Å². The number of aryl methyl sites for hydroxylation is 1. The van der Waals surface area contributed by atoms with Crippen LogP contribution in [0.15, 0.2) is 34.9 Å². The van der Waals surface area contributed by atoms with Crippen LogP contribution in [-0.4, -0.2) is 54.2 Å². The lowest BCUT2D eigenvalue weighted by Gasteiger charge is -2.24. The summed E-state index contributed by atoms with van der Waals surface area (Å²) in [5.74, 6) is 1.78. The number of hydrogen-bond donors (Lipinski definition) is 1. The summed E-state index contributed by atoms with van der Waals surface area (Å²) in [4.78, 5) is 16.0. The first-order chi connectivity index (χ1) is 12.8. The molecule has 146 valence electrons. The van der Waals surface area contributed by atoms with E-state index in [9.17, 15) is 4.79 Å². The van der Waals surface area contributed by atoms with Gasteiger partial charge in [-0.05, 0) is 18.8 Å². The van der Waals surface area contributed by atoms with E-state index in [0.29, 0.717) is 18.4 Å². The van der Waals surface area contributed by atoms with E-state index in [4.69, 9.17) is 4.52 Å². The minimum atomic E-state index is -0.0335. The van der Waals surface area contributed by atoms with E-state index in [0.717, 1.165) is 30.1 Å². The zero-order chi connectivity index (χ0) is 19.6. The fourth-order valence-corrected chi connectivity index (χ4v) is 3.63. The van der Waals surface area contributed by atoms with Crippen LogP contribution in [0.1, 0.15) is 25.2 Å². The molecule has 27 heavy (non-hydrogen) atoms. The lowest BCUT2D eigenvalue weighted by atomic mass is 9.91. The van der Waals surface area contributed by atoms with Crippen molar-refractivity contribution in [2.24, 2.45) is 11.8 Å². The number of amides is 2. The average molecular weight is 370 g/mol. The summed E-state index contributed by atoms with van der Waals surface area (Å²) >= 11 is 0. The first-order valence-corrected chi connectivity index (χ1v) is 9.56. The van der Waals surface area contributed by atoms with Crippen LogP contribution in [0, 0.1) is 18.8 Å². The molecule has 1 N–H and O–H groups in total. The van der Waals surface area contributed by atoms with Gasteiger partial charge < -0.3 is 14.7 Å². The molecule has 1 aromatic carbocycles. The topological polar surface area (TPSA) is 61.6 Å². The zero-order valence-corrected chi connectivity index (χ0v) is 16.9. The molecule has 0 saturated carbocycles. The van der Waals surface area contributed by atoms with Crippen molar-refractivity contribution in [2.45, 2.75) is 33.4 Å². The van der Waals surface area contributed by atoms with E-state index in [1.807, 2.05) is 6.07 Å². The van der Waals surface area contributed by atoms with Crippen LogP contribution in [0.5, 0.6) is 0 Å². The smallest absolute Gasteiger partial charge is 0.317 e. The molecule has 6 heteroatoms. The molecule has 2 heterocycles. The van der Waals surface area contributed by atoms with Gasteiger partial charge in [-0.2, -0.15) is 0 Å². The monoisotopic (exact) mass is 370 g/mol. The van der Waals surface area contributed by atoms with Gasteiger partial charge in [0.2, 0.25) is 0 Å². The maximum atomic E-state index is 12.1. The number of nitrogens with one attached hydrogen (secondary N) is 1. The highest BCUT2D eigenvalue weighted by molar-refractivity contribution is 5.74. The minimum absolute atomic E-state index is 0.0335. The second-order valence-corrected chi connectivity index (χ2v) is 8.10. The number of aromatic nitrogens is 1. The fourth-order valence-electron chi connectivity index (χ4n) is 3.63. The Morgan fingerprint density at radius 3 is 2.63 bits per heavy atom. The van der Waals surface area contributed by atoms with E-state index in [-0.39, 0.29) is 12.1 Å². The molecular formula is C21H30N4O2. The van der Waals surface area contributed by atoms with Crippen molar-refractivity contribution in [1.29, 1.82) is 0 Å². The van der Waals surface area contributed by atoms with E-state index in [1.165, 1.54) is 5.56 Å². The summed E-state index contributed by atoms with van der Waals surface area (Å²) in [6, 6.07) is 10.4. The molecule has 0 radical (unpaired) electrons. The van der Waals surface area contributed by atoms with Gasteiger partial charge in [-0.15, -0.1) is 0 Å². The average Bonchev–Trinajstić information content (AvgIpc) is 3.23. The van der Waals surface area contributed by atoms with Crippen molar-refractivity contribution in [3.63, 3.8) is 0 Å². The first kappa shape index (κ1) is 19.4. The SMILES string of the molecule is Cc1ccc(-c2cc(CN3C[C@@H](NC(=O)N(C)C)[C@H](C(C)C)C3)on2)cc1. The van der Waals surface area contributed by atoms with Crippen LogP contribution < -0.4 is 5.32 Å². The molecule has 0 aliphatic carbocycles. The number of hydrogen-bond acceptors (Lipinski definition) is 4. The number of carbonyl (C=O) groups is 1. The van der Waals surface area contributed by atoms with E-state index < -0.39 is 0 Å². The molecule has 0 spiro atoms. The van der Waals surface area contributed by atoms with Gasteiger partial charge in [-0.25, -0.2) is 4.79 Å². The van der Waals surface area contributed by atoms with Crippen LogP contribution in [0.25, 0.3) is 11.3 Å². The molecule has 1 fully saturated rings. The minimum Gasteiger partial charge on any atom is -0.359 e. The van der Waals surface area contributed by atoms with Crippen molar-refractivity contribution in [3.8, 4) is 11.3 Å². The van der Waals surface area contributed by atoms with Gasteiger partial charge in [0.25, 0.3) is 0 Å². The predicted molar refractivity (Wildman–Crippen MR) is 106 cm³/mol. The quantitative estimate of drug-likeness (QED) is 0.876. The molecule has 1 aliphatic heterocycles. The highest BCUT2D eigenvalue weighted by Crippen LogP contribution is 2.27. The number of rotatable bonds is 5. The van der Waals surface area contributed by atoms with E-state index >= 15 is 0 Å². The molecule has 0 unspecified atom stereocenters. The Labute approximate surface area is 161 Å². The molecule has 2 amide bonds. The van der Waals surface area contributed by atoms with Crippen molar-refractivity contribution >= 4 is 6.03 Å². The summed E-state index contributed by atoms with van der Waals surface area (Å²) < 4.78 is 5.57. The van der Waals surface area contributed by atoms with Gasteiger partial charge >= 0.3 is 6.03 Å². The maximum absolute atomic E-state index is 12.1. The van der Waals surface area contributed by atoms with Gasteiger partial charge in [0.15, 0.2) is 5.76 Å². The Morgan fingerprint density at radius 1 is 1.30 bits per heavy atom. The van der Waals surface area contributed by atoms with Gasteiger partial charge in [-0.1, -0.05) is 48.8 Å².